The van der Waals surface area contributed by atoms with Gasteiger partial charge in [0.2, 0.25) is 5.91 Å². The van der Waals surface area contributed by atoms with Crippen molar-refractivity contribution in [1.82, 2.24) is 10.6 Å². The molecule has 2 aliphatic carbocycles. The Morgan fingerprint density at radius 3 is 2.21 bits per heavy atom. The number of hydrogen-bond acceptors (Lipinski definition) is 4. The van der Waals surface area contributed by atoms with E-state index in [2.05, 4.69) is 22.8 Å². The van der Waals surface area contributed by atoms with Crippen LogP contribution in [-0.2, 0) is 9.59 Å². The first-order valence-corrected chi connectivity index (χ1v) is 11.6. The molecule has 0 bridgehead atoms. The van der Waals surface area contributed by atoms with Gasteiger partial charge in [0.15, 0.2) is 0 Å². The SMILES string of the molecule is O=C(NCCNC(=O)C1CC1c1ccccc1)c1ccc(O[C@H]2CC[C@@H](C(=O)O)CC2)cc1. The normalized spacial score (nSPS) is 23.9. The van der Waals surface area contributed by atoms with E-state index < -0.39 is 5.97 Å². The third kappa shape index (κ3) is 6.12. The Morgan fingerprint density at radius 1 is 0.879 bits per heavy atom. The molecular weight excluding hydrogens is 420 g/mol. The predicted octanol–water partition coefficient (Wildman–Crippen LogP) is 3.36. The van der Waals surface area contributed by atoms with E-state index in [1.807, 2.05) is 18.2 Å². The first-order chi connectivity index (χ1) is 16.0. The number of carboxylic acid groups (broad SMARTS) is 1. The zero-order valence-corrected chi connectivity index (χ0v) is 18.5. The topological polar surface area (TPSA) is 105 Å². The Bertz CT molecular complexity index is 968. The molecule has 2 aromatic carbocycles. The van der Waals surface area contributed by atoms with Gasteiger partial charge in [-0.1, -0.05) is 30.3 Å². The molecule has 2 unspecified atom stereocenters. The largest absolute Gasteiger partial charge is 0.490 e. The van der Waals surface area contributed by atoms with Crippen molar-refractivity contribution in [1.29, 1.82) is 0 Å². The Hall–Kier alpha value is -3.35. The maximum absolute atomic E-state index is 12.4. The van der Waals surface area contributed by atoms with Crippen LogP contribution in [0.1, 0.15) is 53.9 Å². The molecule has 2 fully saturated rings. The predicted molar refractivity (Wildman–Crippen MR) is 123 cm³/mol. The third-order valence-electron chi connectivity index (χ3n) is 6.51. The molecule has 0 radical (unpaired) electrons. The Balaban J connectivity index is 1.14. The summed E-state index contributed by atoms with van der Waals surface area (Å²) in [6.45, 7) is 0.751. The van der Waals surface area contributed by atoms with Crippen LogP contribution in [0.4, 0.5) is 0 Å². The summed E-state index contributed by atoms with van der Waals surface area (Å²) in [6.07, 6.45) is 3.58. The fraction of sp³-hybridized carbons (Fsp3) is 0.423. The number of nitrogens with one attached hydrogen (secondary N) is 2. The first kappa shape index (κ1) is 22.8. The van der Waals surface area contributed by atoms with Crippen LogP contribution in [0.2, 0.25) is 0 Å². The van der Waals surface area contributed by atoms with Crippen LogP contribution in [0, 0.1) is 11.8 Å². The fourth-order valence-electron chi connectivity index (χ4n) is 4.45. The molecule has 0 aliphatic heterocycles. The van der Waals surface area contributed by atoms with Gasteiger partial charge in [-0.05, 0) is 67.9 Å². The zero-order chi connectivity index (χ0) is 23.2. The van der Waals surface area contributed by atoms with Crippen molar-refractivity contribution in [2.24, 2.45) is 11.8 Å². The van der Waals surface area contributed by atoms with Gasteiger partial charge in [-0.25, -0.2) is 0 Å². The van der Waals surface area contributed by atoms with E-state index in [0.717, 1.165) is 19.3 Å². The lowest BCUT2D eigenvalue weighted by Gasteiger charge is -2.26. The number of carbonyl (C=O) groups is 3. The molecule has 2 aliphatic rings. The minimum atomic E-state index is -0.729. The van der Waals surface area contributed by atoms with E-state index in [1.54, 1.807) is 24.3 Å². The lowest BCUT2D eigenvalue weighted by molar-refractivity contribution is -0.143. The zero-order valence-electron chi connectivity index (χ0n) is 18.5. The molecular formula is C26H30N2O5. The summed E-state index contributed by atoms with van der Waals surface area (Å²) in [5, 5.41) is 14.8. The Labute approximate surface area is 193 Å². The maximum Gasteiger partial charge on any atom is 0.306 e. The van der Waals surface area contributed by atoms with Crippen molar-refractivity contribution in [2.45, 2.75) is 44.1 Å². The molecule has 7 nitrogen and oxygen atoms in total. The molecule has 0 spiro atoms. The Kier molecular flexibility index (Phi) is 7.27. The molecule has 2 amide bonds. The lowest BCUT2D eigenvalue weighted by Crippen LogP contribution is -2.35. The summed E-state index contributed by atoms with van der Waals surface area (Å²) in [4.78, 5) is 35.7. The number of benzene rings is 2. The van der Waals surface area contributed by atoms with Crippen LogP contribution in [0.3, 0.4) is 0 Å². The van der Waals surface area contributed by atoms with Gasteiger partial charge in [-0.15, -0.1) is 0 Å². The van der Waals surface area contributed by atoms with Crippen molar-refractivity contribution < 1.29 is 24.2 Å². The third-order valence-corrected chi connectivity index (χ3v) is 6.51. The van der Waals surface area contributed by atoms with Crippen molar-refractivity contribution in [3.8, 4) is 5.75 Å². The van der Waals surface area contributed by atoms with E-state index in [-0.39, 0.29) is 29.8 Å². The number of amides is 2. The molecule has 3 N–H and O–H groups in total. The summed E-state index contributed by atoms with van der Waals surface area (Å²) in [5.41, 5.74) is 1.72. The molecule has 0 heterocycles. The fourth-order valence-corrected chi connectivity index (χ4v) is 4.45. The molecule has 4 rings (SSSR count). The number of rotatable bonds is 9. The van der Waals surface area contributed by atoms with Gasteiger partial charge in [0, 0.05) is 24.6 Å². The van der Waals surface area contributed by atoms with Crippen molar-refractivity contribution in [3.63, 3.8) is 0 Å². The molecule has 174 valence electrons. The second-order valence-corrected chi connectivity index (χ2v) is 8.86. The number of aliphatic carboxylic acids is 1. The van der Waals surface area contributed by atoms with Crippen LogP contribution in [0.25, 0.3) is 0 Å². The minimum absolute atomic E-state index is 0.0110. The molecule has 0 aromatic heterocycles. The monoisotopic (exact) mass is 450 g/mol. The van der Waals surface area contributed by atoms with Crippen LogP contribution >= 0.6 is 0 Å². The summed E-state index contributed by atoms with van der Waals surface area (Å²) >= 11 is 0. The second kappa shape index (κ2) is 10.5. The number of carboxylic acids is 1. The maximum atomic E-state index is 12.4. The van der Waals surface area contributed by atoms with Crippen LogP contribution < -0.4 is 15.4 Å². The number of hydrogen-bond donors (Lipinski definition) is 3. The summed E-state index contributed by atoms with van der Waals surface area (Å²) in [6, 6.07) is 17.0. The van der Waals surface area contributed by atoms with Gasteiger partial charge in [0.1, 0.15) is 5.75 Å². The van der Waals surface area contributed by atoms with Gasteiger partial charge >= 0.3 is 5.97 Å². The van der Waals surface area contributed by atoms with Crippen molar-refractivity contribution in [2.75, 3.05) is 13.1 Å². The van der Waals surface area contributed by atoms with Crippen LogP contribution in [-0.4, -0.2) is 42.1 Å². The summed E-state index contributed by atoms with van der Waals surface area (Å²) < 4.78 is 5.94. The van der Waals surface area contributed by atoms with Gasteiger partial charge in [0.05, 0.1) is 12.0 Å². The standard InChI is InChI=1S/C26H30N2O5/c29-24(27-14-15-28-25(30)23-16-22(23)17-4-2-1-3-5-17)18-6-10-20(11-7-18)33-21-12-8-19(9-13-21)26(31)32/h1-7,10-11,19,21-23H,8-9,12-16H2,(H,27,29)(H,28,30)(H,31,32)/t19-,21+,22?,23?. The molecule has 2 atom stereocenters. The van der Waals surface area contributed by atoms with Crippen LogP contribution in [0.5, 0.6) is 5.75 Å². The first-order valence-electron chi connectivity index (χ1n) is 11.6. The summed E-state index contributed by atoms with van der Waals surface area (Å²) in [7, 11) is 0. The summed E-state index contributed by atoms with van der Waals surface area (Å²) in [5.74, 6) is -0.163. The van der Waals surface area contributed by atoms with E-state index in [0.29, 0.717) is 43.2 Å². The molecule has 2 saturated carbocycles. The van der Waals surface area contributed by atoms with Gasteiger partial charge in [0.25, 0.3) is 5.91 Å². The van der Waals surface area contributed by atoms with E-state index in [4.69, 9.17) is 9.84 Å². The van der Waals surface area contributed by atoms with Crippen LogP contribution in [0.15, 0.2) is 54.6 Å². The van der Waals surface area contributed by atoms with E-state index in [1.165, 1.54) is 5.56 Å². The highest BCUT2D eigenvalue weighted by Crippen LogP contribution is 2.47. The highest BCUT2D eigenvalue weighted by molar-refractivity contribution is 5.94. The average Bonchev–Trinajstić information content (AvgIpc) is 3.64. The van der Waals surface area contributed by atoms with E-state index in [9.17, 15) is 14.4 Å². The molecule has 0 saturated heterocycles. The van der Waals surface area contributed by atoms with Crippen molar-refractivity contribution in [3.05, 3.63) is 65.7 Å². The number of ether oxygens (including phenoxy) is 1. The number of carbonyl (C=O) groups excluding carboxylic acids is 2. The minimum Gasteiger partial charge on any atom is -0.490 e. The quantitative estimate of drug-likeness (QED) is 0.508. The highest BCUT2D eigenvalue weighted by atomic mass is 16.5. The second-order valence-electron chi connectivity index (χ2n) is 8.86. The van der Waals surface area contributed by atoms with Crippen molar-refractivity contribution >= 4 is 17.8 Å². The molecule has 2 aromatic rings. The smallest absolute Gasteiger partial charge is 0.306 e. The Morgan fingerprint density at radius 2 is 1.55 bits per heavy atom. The van der Waals surface area contributed by atoms with Gasteiger partial charge in [-0.2, -0.15) is 0 Å². The van der Waals surface area contributed by atoms with E-state index >= 15 is 0 Å². The highest BCUT2D eigenvalue weighted by Gasteiger charge is 2.43. The molecule has 33 heavy (non-hydrogen) atoms. The average molecular weight is 451 g/mol. The lowest BCUT2D eigenvalue weighted by atomic mass is 9.87. The van der Waals surface area contributed by atoms with Gasteiger partial charge < -0.3 is 20.5 Å². The molecule has 7 heteroatoms. The van der Waals surface area contributed by atoms with Gasteiger partial charge in [-0.3, -0.25) is 14.4 Å².